The molecule has 3 heteroatoms. The van der Waals surface area contributed by atoms with Crippen LogP contribution in [0.1, 0.15) is 43.1 Å². The van der Waals surface area contributed by atoms with Gasteiger partial charge in [-0.2, -0.15) is 0 Å². The van der Waals surface area contributed by atoms with Crippen LogP contribution in [0.5, 0.6) is 0 Å². The number of carbonyl (C=O) groups excluding carboxylic acids is 1. The van der Waals surface area contributed by atoms with E-state index in [9.17, 15) is 4.79 Å². The highest BCUT2D eigenvalue weighted by atomic mass is 35.5. The maximum atomic E-state index is 12.6. The van der Waals surface area contributed by atoms with Crippen molar-refractivity contribution in [2.24, 2.45) is 11.3 Å². The van der Waals surface area contributed by atoms with Gasteiger partial charge in [0.05, 0.1) is 10.6 Å². The second-order valence-electron chi connectivity index (χ2n) is 6.53. The van der Waals surface area contributed by atoms with Gasteiger partial charge in [-0.25, -0.2) is 0 Å². The molecule has 0 radical (unpaired) electrons. The summed E-state index contributed by atoms with van der Waals surface area (Å²) in [6.07, 6.45) is 1.08. The lowest BCUT2D eigenvalue weighted by molar-refractivity contribution is 0.0776. The topological polar surface area (TPSA) is 20.3 Å². The van der Waals surface area contributed by atoms with E-state index in [1.807, 2.05) is 24.0 Å². The summed E-state index contributed by atoms with van der Waals surface area (Å²) >= 11 is 6.18. The minimum atomic E-state index is 0.0786. The third-order valence-electron chi connectivity index (χ3n) is 4.14. The molecule has 0 N–H and O–H groups in total. The van der Waals surface area contributed by atoms with E-state index in [1.54, 1.807) is 6.07 Å². The molecule has 1 aliphatic rings. The molecule has 19 heavy (non-hydrogen) atoms. The summed E-state index contributed by atoms with van der Waals surface area (Å²) in [6.45, 7) is 10.3. The first kappa shape index (κ1) is 14.4. The van der Waals surface area contributed by atoms with E-state index in [0.29, 0.717) is 16.5 Å². The Balaban J connectivity index is 2.19. The number of likely N-dealkylation sites (tertiary alicyclic amines) is 1. The standard InChI is InChI=1S/C16H22ClNO/c1-11-6-5-7-13(17)14(11)15(19)18-9-8-12(10-18)16(2,3)4/h5-7,12H,8-10H2,1-4H3. The molecule has 104 valence electrons. The van der Waals surface area contributed by atoms with Gasteiger partial charge in [0.1, 0.15) is 0 Å². The van der Waals surface area contributed by atoms with Gasteiger partial charge in [-0.1, -0.05) is 44.5 Å². The van der Waals surface area contributed by atoms with Gasteiger partial charge < -0.3 is 4.90 Å². The van der Waals surface area contributed by atoms with Gasteiger partial charge in [-0.3, -0.25) is 4.79 Å². The molecule has 1 atom stereocenters. The quantitative estimate of drug-likeness (QED) is 0.756. The molecule has 1 amide bonds. The highest BCUT2D eigenvalue weighted by molar-refractivity contribution is 6.34. The first-order valence-corrected chi connectivity index (χ1v) is 7.23. The largest absolute Gasteiger partial charge is 0.338 e. The molecule has 1 fully saturated rings. The van der Waals surface area contributed by atoms with Crippen molar-refractivity contribution >= 4 is 17.5 Å². The van der Waals surface area contributed by atoms with Crippen LogP contribution in [0.2, 0.25) is 5.02 Å². The van der Waals surface area contributed by atoms with Gasteiger partial charge in [-0.15, -0.1) is 0 Å². The fourth-order valence-corrected chi connectivity index (χ4v) is 3.02. The van der Waals surface area contributed by atoms with Crippen molar-refractivity contribution in [2.75, 3.05) is 13.1 Å². The summed E-state index contributed by atoms with van der Waals surface area (Å²) in [5.41, 5.74) is 1.88. The molecule has 1 heterocycles. The van der Waals surface area contributed by atoms with Crippen molar-refractivity contribution in [3.05, 3.63) is 34.3 Å². The molecule has 0 aliphatic carbocycles. The number of hydrogen-bond acceptors (Lipinski definition) is 1. The predicted octanol–water partition coefficient (Wildman–Crippen LogP) is 4.16. The molecular weight excluding hydrogens is 258 g/mol. The number of amides is 1. The van der Waals surface area contributed by atoms with Crippen LogP contribution in [-0.2, 0) is 0 Å². The summed E-state index contributed by atoms with van der Waals surface area (Å²) in [4.78, 5) is 14.6. The molecule has 1 aromatic carbocycles. The monoisotopic (exact) mass is 279 g/mol. The van der Waals surface area contributed by atoms with Gasteiger partial charge in [-0.05, 0) is 36.3 Å². The van der Waals surface area contributed by atoms with Crippen LogP contribution >= 0.6 is 11.6 Å². The van der Waals surface area contributed by atoms with E-state index in [-0.39, 0.29) is 11.3 Å². The Bertz CT molecular complexity index is 470. The molecule has 1 unspecified atom stereocenters. The highest BCUT2D eigenvalue weighted by Gasteiger charge is 2.34. The van der Waals surface area contributed by atoms with Crippen molar-refractivity contribution in [3.8, 4) is 0 Å². The van der Waals surface area contributed by atoms with Crippen molar-refractivity contribution in [3.63, 3.8) is 0 Å². The zero-order chi connectivity index (χ0) is 14.2. The van der Waals surface area contributed by atoms with E-state index in [1.165, 1.54) is 0 Å². The number of benzene rings is 1. The maximum Gasteiger partial charge on any atom is 0.255 e. The first-order chi connectivity index (χ1) is 8.80. The third kappa shape index (κ3) is 2.94. The minimum absolute atomic E-state index is 0.0786. The lowest BCUT2D eigenvalue weighted by Crippen LogP contribution is -2.31. The zero-order valence-corrected chi connectivity index (χ0v) is 12.9. The van der Waals surface area contributed by atoms with E-state index in [0.717, 1.165) is 25.1 Å². The van der Waals surface area contributed by atoms with E-state index >= 15 is 0 Å². The predicted molar refractivity (Wildman–Crippen MR) is 79.7 cm³/mol. The molecule has 2 rings (SSSR count). The molecule has 2 nitrogen and oxygen atoms in total. The van der Waals surface area contributed by atoms with Gasteiger partial charge in [0.2, 0.25) is 0 Å². The first-order valence-electron chi connectivity index (χ1n) is 6.85. The van der Waals surface area contributed by atoms with Crippen LogP contribution in [-0.4, -0.2) is 23.9 Å². The van der Waals surface area contributed by atoms with E-state index in [4.69, 9.17) is 11.6 Å². The number of nitrogens with zero attached hydrogens (tertiary/aromatic N) is 1. The average Bonchev–Trinajstić information content (AvgIpc) is 2.77. The van der Waals surface area contributed by atoms with Crippen molar-refractivity contribution < 1.29 is 4.79 Å². The second-order valence-corrected chi connectivity index (χ2v) is 6.94. The fraction of sp³-hybridized carbons (Fsp3) is 0.562. The van der Waals surface area contributed by atoms with Crippen molar-refractivity contribution in [2.45, 2.75) is 34.1 Å². The summed E-state index contributed by atoms with van der Waals surface area (Å²) in [5, 5.41) is 0.559. The second kappa shape index (κ2) is 5.16. The number of aryl methyl sites for hydroxylation is 1. The molecule has 1 aromatic rings. The van der Waals surface area contributed by atoms with Crippen LogP contribution in [0.25, 0.3) is 0 Å². The Labute approximate surface area is 120 Å². The summed E-state index contributed by atoms with van der Waals surface area (Å²) < 4.78 is 0. The smallest absolute Gasteiger partial charge is 0.255 e. The minimum Gasteiger partial charge on any atom is -0.338 e. The van der Waals surface area contributed by atoms with Crippen LogP contribution in [0, 0.1) is 18.3 Å². The van der Waals surface area contributed by atoms with Gasteiger partial charge >= 0.3 is 0 Å². The van der Waals surface area contributed by atoms with Crippen molar-refractivity contribution in [1.29, 1.82) is 0 Å². The number of hydrogen-bond donors (Lipinski definition) is 0. The molecule has 1 aliphatic heterocycles. The molecule has 0 bridgehead atoms. The average molecular weight is 280 g/mol. The normalized spacial score (nSPS) is 19.8. The summed E-state index contributed by atoms with van der Waals surface area (Å²) in [7, 11) is 0. The Morgan fingerprint density at radius 1 is 1.37 bits per heavy atom. The van der Waals surface area contributed by atoms with E-state index in [2.05, 4.69) is 20.8 Å². The molecular formula is C16H22ClNO. The molecule has 0 saturated carbocycles. The van der Waals surface area contributed by atoms with Crippen LogP contribution in [0.3, 0.4) is 0 Å². The molecule has 0 spiro atoms. The lowest BCUT2D eigenvalue weighted by Gasteiger charge is -2.27. The van der Waals surface area contributed by atoms with E-state index < -0.39 is 0 Å². The van der Waals surface area contributed by atoms with Crippen LogP contribution in [0.4, 0.5) is 0 Å². The number of carbonyl (C=O) groups is 1. The summed E-state index contributed by atoms with van der Waals surface area (Å²) in [6, 6.07) is 5.62. The Kier molecular flexibility index (Phi) is 3.91. The number of halogens is 1. The maximum absolute atomic E-state index is 12.6. The van der Waals surface area contributed by atoms with Crippen LogP contribution in [0.15, 0.2) is 18.2 Å². The van der Waals surface area contributed by atoms with Gasteiger partial charge in [0, 0.05) is 13.1 Å². The Morgan fingerprint density at radius 2 is 2.05 bits per heavy atom. The molecule has 1 saturated heterocycles. The Morgan fingerprint density at radius 3 is 2.58 bits per heavy atom. The highest BCUT2D eigenvalue weighted by Crippen LogP contribution is 2.34. The zero-order valence-electron chi connectivity index (χ0n) is 12.2. The van der Waals surface area contributed by atoms with Gasteiger partial charge in [0.25, 0.3) is 5.91 Å². The Hall–Kier alpha value is -1.02. The SMILES string of the molecule is Cc1cccc(Cl)c1C(=O)N1CCC(C(C)(C)C)C1. The van der Waals surface area contributed by atoms with Crippen LogP contribution < -0.4 is 0 Å². The number of rotatable bonds is 1. The van der Waals surface area contributed by atoms with Gasteiger partial charge in [0.15, 0.2) is 0 Å². The third-order valence-corrected chi connectivity index (χ3v) is 4.45. The van der Waals surface area contributed by atoms with Crippen molar-refractivity contribution in [1.82, 2.24) is 4.90 Å². The summed E-state index contributed by atoms with van der Waals surface area (Å²) in [5.74, 6) is 0.647. The fourth-order valence-electron chi connectivity index (χ4n) is 2.71. The molecule has 0 aromatic heterocycles. The lowest BCUT2D eigenvalue weighted by atomic mass is 9.80.